The number of fused-ring (bicyclic) bond motifs is 1. The van der Waals surface area contributed by atoms with E-state index >= 15 is 0 Å². The minimum Gasteiger partial charge on any atom is -0.484 e. The van der Waals surface area contributed by atoms with Crippen LogP contribution in [0.4, 0.5) is 0 Å². The third-order valence-corrected chi connectivity index (χ3v) is 1.71. The maximum absolute atomic E-state index is 10.9. The number of carbonyl (C=O) groups is 1. The molecular formula is C8H10Cl2N2O3. The van der Waals surface area contributed by atoms with Crippen LogP contribution in [0.15, 0.2) is 12.3 Å². The Bertz CT molecular complexity index is 360. The van der Waals surface area contributed by atoms with Crippen molar-refractivity contribution in [3.8, 4) is 11.6 Å². The molecule has 2 heterocycles. The Morgan fingerprint density at radius 1 is 1.33 bits per heavy atom. The van der Waals surface area contributed by atoms with E-state index in [0.717, 1.165) is 0 Å². The number of nitrogens with two attached hydrogens (primary N) is 1. The number of amides is 1. The number of nitrogens with zero attached hydrogens (tertiary/aromatic N) is 1. The molecule has 5 nitrogen and oxygen atoms in total. The van der Waals surface area contributed by atoms with Crippen LogP contribution < -0.4 is 15.2 Å². The molecule has 1 aromatic rings. The molecule has 0 spiro atoms. The summed E-state index contributed by atoms with van der Waals surface area (Å²) in [7, 11) is 0. The number of pyridine rings is 1. The lowest BCUT2D eigenvalue weighted by molar-refractivity contribution is 0.0987. The van der Waals surface area contributed by atoms with Gasteiger partial charge in [-0.15, -0.1) is 24.8 Å². The normalized spacial score (nSPS) is 12.0. The third-order valence-electron chi connectivity index (χ3n) is 1.71. The van der Waals surface area contributed by atoms with Crippen molar-refractivity contribution in [1.82, 2.24) is 4.98 Å². The van der Waals surface area contributed by atoms with Crippen LogP contribution in [0.3, 0.4) is 0 Å². The molecule has 0 aromatic carbocycles. The van der Waals surface area contributed by atoms with Crippen molar-refractivity contribution in [2.45, 2.75) is 0 Å². The summed E-state index contributed by atoms with van der Waals surface area (Å²) in [4.78, 5) is 14.8. The van der Waals surface area contributed by atoms with E-state index in [-0.39, 0.29) is 24.8 Å². The van der Waals surface area contributed by atoms with Gasteiger partial charge < -0.3 is 15.2 Å². The molecule has 1 aliphatic heterocycles. The molecule has 2 N–H and O–H groups in total. The number of hydrogen-bond donors (Lipinski definition) is 1. The minimum atomic E-state index is -0.538. The van der Waals surface area contributed by atoms with Gasteiger partial charge in [-0.25, -0.2) is 4.98 Å². The molecule has 7 heteroatoms. The van der Waals surface area contributed by atoms with E-state index in [2.05, 4.69) is 4.98 Å². The van der Waals surface area contributed by atoms with Crippen LogP contribution in [0.1, 0.15) is 10.4 Å². The summed E-state index contributed by atoms with van der Waals surface area (Å²) in [5.41, 5.74) is 5.45. The highest BCUT2D eigenvalue weighted by atomic mass is 35.5. The molecule has 0 fully saturated rings. The standard InChI is InChI=1S/C8H8N2O3.2ClH/c9-7(11)5-1-2-10-8-6(5)12-3-4-13-8;;/h1-2H,3-4H2,(H2,9,11);2*1H. The summed E-state index contributed by atoms with van der Waals surface area (Å²) < 4.78 is 10.4. The van der Waals surface area contributed by atoms with Crippen molar-refractivity contribution in [2.75, 3.05) is 13.2 Å². The maximum Gasteiger partial charge on any atom is 0.257 e. The number of halogens is 2. The van der Waals surface area contributed by atoms with Gasteiger partial charge in [-0.05, 0) is 6.07 Å². The van der Waals surface area contributed by atoms with Crippen LogP contribution in [0.2, 0.25) is 0 Å². The zero-order valence-corrected chi connectivity index (χ0v) is 9.27. The van der Waals surface area contributed by atoms with Crippen LogP contribution in [0.5, 0.6) is 11.6 Å². The average Bonchev–Trinajstić information content (AvgIpc) is 2.17. The molecule has 84 valence electrons. The van der Waals surface area contributed by atoms with Gasteiger partial charge in [0.05, 0.1) is 5.56 Å². The Morgan fingerprint density at radius 2 is 2.00 bits per heavy atom. The van der Waals surface area contributed by atoms with Crippen LogP contribution in [-0.2, 0) is 0 Å². The number of hydrogen-bond acceptors (Lipinski definition) is 4. The highest BCUT2D eigenvalue weighted by molar-refractivity contribution is 5.96. The number of ether oxygens (including phenoxy) is 2. The Morgan fingerprint density at radius 3 is 2.67 bits per heavy atom. The lowest BCUT2D eigenvalue weighted by atomic mass is 10.2. The molecule has 1 amide bonds. The largest absolute Gasteiger partial charge is 0.484 e. The van der Waals surface area contributed by atoms with Gasteiger partial charge in [-0.3, -0.25) is 4.79 Å². The molecule has 0 saturated carbocycles. The molecule has 1 aromatic heterocycles. The smallest absolute Gasteiger partial charge is 0.257 e. The van der Waals surface area contributed by atoms with Crippen LogP contribution in [0.25, 0.3) is 0 Å². The molecular weight excluding hydrogens is 243 g/mol. The van der Waals surface area contributed by atoms with E-state index in [1.54, 1.807) is 0 Å². The number of primary amides is 1. The first-order valence-corrected chi connectivity index (χ1v) is 3.83. The second kappa shape index (κ2) is 5.63. The van der Waals surface area contributed by atoms with Gasteiger partial charge in [0.2, 0.25) is 0 Å². The van der Waals surface area contributed by atoms with Crippen molar-refractivity contribution in [1.29, 1.82) is 0 Å². The second-order valence-electron chi connectivity index (χ2n) is 2.55. The highest BCUT2D eigenvalue weighted by Gasteiger charge is 2.19. The van der Waals surface area contributed by atoms with Crippen LogP contribution in [0, 0.1) is 0 Å². The lowest BCUT2D eigenvalue weighted by Gasteiger charge is -2.18. The Labute approximate surface area is 98.8 Å². The summed E-state index contributed by atoms with van der Waals surface area (Å²) in [5, 5.41) is 0. The Hall–Kier alpha value is -1.20. The van der Waals surface area contributed by atoms with E-state index in [9.17, 15) is 4.79 Å². The molecule has 2 rings (SSSR count). The maximum atomic E-state index is 10.9. The minimum absolute atomic E-state index is 0. The summed E-state index contributed by atoms with van der Waals surface area (Å²) in [6.07, 6.45) is 1.47. The Balaban J connectivity index is 0.000000980. The SMILES string of the molecule is Cl.Cl.NC(=O)c1ccnc2c1OCCO2. The van der Waals surface area contributed by atoms with Gasteiger partial charge in [0.15, 0.2) is 5.75 Å². The van der Waals surface area contributed by atoms with Crippen molar-refractivity contribution in [2.24, 2.45) is 5.73 Å². The molecule has 0 unspecified atom stereocenters. The predicted octanol–water partition coefficient (Wildman–Crippen LogP) is 0.795. The molecule has 0 atom stereocenters. The first kappa shape index (κ1) is 13.8. The average molecular weight is 253 g/mol. The molecule has 0 radical (unpaired) electrons. The van der Waals surface area contributed by atoms with E-state index in [0.29, 0.717) is 30.4 Å². The van der Waals surface area contributed by atoms with Crippen molar-refractivity contribution in [3.05, 3.63) is 17.8 Å². The predicted molar refractivity (Wildman–Crippen MR) is 58.2 cm³/mol. The number of carbonyl (C=O) groups excluding carboxylic acids is 1. The fourth-order valence-corrected chi connectivity index (χ4v) is 1.15. The second-order valence-corrected chi connectivity index (χ2v) is 2.55. The summed E-state index contributed by atoms with van der Waals surface area (Å²) in [5.74, 6) is 0.146. The molecule has 15 heavy (non-hydrogen) atoms. The van der Waals surface area contributed by atoms with Crippen molar-refractivity contribution >= 4 is 30.7 Å². The van der Waals surface area contributed by atoms with E-state index in [1.807, 2.05) is 0 Å². The molecule has 0 aliphatic carbocycles. The third kappa shape index (κ3) is 2.64. The summed E-state index contributed by atoms with van der Waals surface area (Å²) in [6, 6.07) is 1.51. The van der Waals surface area contributed by atoms with Crippen LogP contribution in [-0.4, -0.2) is 24.1 Å². The van der Waals surface area contributed by atoms with Gasteiger partial charge in [-0.2, -0.15) is 0 Å². The van der Waals surface area contributed by atoms with Gasteiger partial charge >= 0.3 is 0 Å². The van der Waals surface area contributed by atoms with E-state index in [1.165, 1.54) is 12.3 Å². The fraction of sp³-hybridized carbons (Fsp3) is 0.250. The summed E-state index contributed by atoms with van der Waals surface area (Å²) >= 11 is 0. The van der Waals surface area contributed by atoms with Crippen LogP contribution >= 0.6 is 24.8 Å². The molecule has 0 saturated heterocycles. The van der Waals surface area contributed by atoms with Gasteiger partial charge in [0.1, 0.15) is 13.2 Å². The van der Waals surface area contributed by atoms with E-state index in [4.69, 9.17) is 15.2 Å². The topological polar surface area (TPSA) is 74.4 Å². The monoisotopic (exact) mass is 252 g/mol. The first-order valence-electron chi connectivity index (χ1n) is 3.83. The fourth-order valence-electron chi connectivity index (χ4n) is 1.15. The number of aromatic nitrogens is 1. The molecule has 0 bridgehead atoms. The van der Waals surface area contributed by atoms with Gasteiger partial charge in [0.25, 0.3) is 11.8 Å². The van der Waals surface area contributed by atoms with Gasteiger partial charge in [0, 0.05) is 6.20 Å². The lowest BCUT2D eigenvalue weighted by Crippen LogP contribution is -2.21. The zero-order chi connectivity index (χ0) is 9.26. The van der Waals surface area contributed by atoms with E-state index < -0.39 is 5.91 Å². The quantitative estimate of drug-likeness (QED) is 0.803. The Kier molecular flexibility index (Phi) is 5.18. The van der Waals surface area contributed by atoms with Crippen molar-refractivity contribution in [3.63, 3.8) is 0 Å². The first-order chi connectivity index (χ1) is 6.29. The van der Waals surface area contributed by atoms with Gasteiger partial charge in [-0.1, -0.05) is 0 Å². The highest BCUT2D eigenvalue weighted by Crippen LogP contribution is 2.30. The zero-order valence-electron chi connectivity index (χ0n) is 7.63. The summed E-state index contributed by atoms with van der Waals surface area (Å²) in [6.45, 7) is 0.862. The number of rotatable bonds is 1. The van der Waals surface area contributed by atoms with Crippen molar-refractivity contribution < 1.29 is 14.3 Å². The molecule has 1 aliphatic rings.